The monoisotopic (exact) mass is 245 g/mol. The highest BCUT2D eigenvalue weighted by atomic mass is 15.4. The summed E-state index contributed by atoms with van der Waals surface area (Å²) in [6.45, 7) is 9.61. The van der Waals surface area contributed by atoms with Crippen molar-refractivity contribution in [3.05, 3.63) is 29.8 Å². The summed E-state index contributed by atoms with van der Waals surface area (Å²) in [6, 6.07) is 8.50. The number of hydrogen-bond acceptors (Lipinski definition) is 3. The van der Waals surface area contributed by atoms with E-state index >= 15 is 0 Å². The highest BCUT2D eigenvalue weighted by Crippen LogP contribution is 2.33. The number of rotatable bonds is 3. The summed E-state index contributed by atoms with van der Waals surface area (Å²) in [5.41, 5.74) is 8.49. The molecule has 1 aliphatic heterocycles. The number of aliphatic imine (C=N–C) groups is 1. The number of aryl methyl sites for hydroxylation is 1. The summed E-state index contributed by atoms with van der Waals surface area (Å²) in [6.07, 6.45) is 1.09. The average molecular weight is 245 g/mol. The summed E-state index contributed by atoms with van der Waals surface area (Å²) >= 11 is 0. The van der Waals surface area contributed by atoms with Gasteiger partial charge in [-0.15, -0.1) is 0 Å². The Hall–Kier alpha value is -1.51. The van der Waals surface area contributed by atoms with Crippen molar-refractivity contribution in [3.63, 3.8) is 0 Å². The first-order valence-corrected chi connectivity index (χ1v) is 6.59. The van der Waals surface area contributed by atoms with Gasteiger partial charge in [0.1, 0.15) is 0 Å². The maximum atomic E-state index is 6.08. The smallest absolute Gasteiger partial charge is 0.196 e. The molecular formula is C15H23N3. The predicted molar refractivity (Wildman–Crippen MR) is 78.0 cm³/mol. The van der Waals surface area contributed by atoms with Crippen molar-refractivity contribution in [1.29, 1.82) is 0 Å². The number of anilines is 1. The van der Waals surface area contributed by atoms with E-state index in [4.69, 9.17) is 5.73 Å². The molecule has 0 amide bonds. The second kappa shape index (κ2) is 4.63. The number of benzene rings is 1. The Kier molecular flexibility index (Phi) is 3.33. The Morgan fingerprint density at radius 2 is 1.94 bits per heavy atom. The summed E-state index contributed by atoms with van der Waals surface area (Å²) in [5.74, 6) is 1.27. The molecule has 1 aromatic rings. The van der Waals surface area contributed by atoms with Crippen LogP contribution in [0.4, 0.5) is 5.69 Å². The largest absolute Gasteiger partial charge is 0.369 e. The molecule has 0 saturated heterocycles. The van der Waals surface area contributed by atoms with Crippen LogP contribution >= 0.6 is 0 Å². The van der Waals surface area contributed by atoms with Gasteiger partial charge in [-0.05, 0) is 38.3 Å². The molecule has 0 spiro atoms. The van der Waals surface area contributed by atoms with Crippen molar-refractivity contribution in [3.8, 4) is 0 Å². The van der Waals surface area contributed by atoms with E-state index in [9.17, 15) is 0 Å². The van der Waals surface area contributed by atoms with Crippen LogP contribution in [0.2, 0.25) is 0 Å². The predicted octanol–water partition coefficient (Wildman–Crippen LogP) is 2.93. The Bertz CT molecular complexity index is 447. The molecule has 0 radical (unpaired) electrons. The van der Waals surface area contributed by atoms with Crippen molar-refractivity contribution in [2.45, 2.75) is 39.7 Å². The van der Waals surface area contributed by atoms with Gasteiger partial charge < -0.3 is 10.6 Å². The lowest BCUT2D eigenvalue weighted by atomic mass is 9.89. The molecule has 18 heavy (non-hydrogen) atoms. The maximum absolute atomic E-state index is 6.08. The lowest BCUT2D eigenvalue weighted by molar-refractivity contribution is 0.392. The zero-order valence-corrected chi connectivity index (χ0v) is 11.8. The van der Waals surface area contributed by atoms with Crippen LogP contribution in [-0.4, -0.2) is 18.0 Å². The van der Waals surface area contributed by atoms with Gasteiger partial charge >= 0.3 is 0 Å². The van der Waals surface area contributed by atoms with E-state index in [0.717, 1.165) is 18.7 Å². The number of hydrogen-bond donors (Lipinski definition) is 1. The van der Waals surface area contributed by atoms with Gasteiger partial charge in [0.2, 0.25) is 0 Å². The standard InChI is InChI=1S/C15H23N3/c1-11(2)9-15(4)10-17-14(16)18(15)13-7-5-12(3)6-8-13/h5-8,11H,9-10H2,1-4H3,(H2,16,17). The zero-order valence-electron chi connectivity index (χ0n) is 11.8. The molecule has 0 saturated carbocycles. The molecule has 0 aliphatic carbocycles. The summed E-state index contributed by atoms with van der Waals surface area (Å²) in [7, 11) is 0. The fourth-order valence-electron chi connectivity index (χ4n) is 2.84. The fourth-order valence-corrected chi connectivity index (χ4v) is 2.84. The van der Waals surface area contributed by atoms with E-state index < -0.39 is 0 Å². The van der Waals surface area contributed by atoms with Crippen LogP contribution in [-0.2, 0) is 0 Å². The van der Waals surface area contributed by atoms with E-state index in [1.54, 1.807) is 0 Å². The van der Waals surface area contributed by atoms with Gasteiger partial charge in [-0.2, -0.15) is 0 Å². The van der Waals surface area contributed by atoms with E-state index in [1.807, 2.05) is 0 Å². The van der Waals surface area contributed by atoms with Gasteiger partial charge in [-0.1, -0.05) is 31.5 Å². The van der Waals surface area contributed by atoms with Crippen LogP contribution in [0, 0.1) is 12.8 Å². The molecule has 0 aromatic heterocycles. The van der Waals surface area contributed by atoms with Crippen molar-refractivity contribution in [2.24, 2.45) is 16.6 Å². The molecular weight excluding hydrogens is 222 g/mol. The second-order valence-electron chi connectivity index (χ2n) is 5.94. The van der Waals surface area contributed by atoms with Gasteiger partial charge in [0.15, 0.2) is 5.96 Å². The van der Waals surface area contributed by atoms with Crippen LogP contribution < -0.4 is 10.6 Å². The maximum Gasteiger partial charge on any atom is 0.196 e. The summed E-state index contributed by atoms with van der Waals surface area (Å²) in [4.78, 5) is 6.63. The molecule has 0 bridgehead atoms. The first-order valence-electron chi connectivity index (χ1n) is 6.59. The van der Waals surface area contributed by atoms with Crippen molar-refractivity contribution in [1.82, 2.24) is 0 Å². The lowest BCUT2D eigenvalue weighted by Gasteiger charge is -2.37. The van der Waals surface area contributed by atoms with E-state index in [2.05, 4.69) is 61.9 Å². The topological polar surface area (TPSA) is 41.6 Å². The Morgan fingerprint density at radius 3 is 2.50 bits per heavy atom. The van der Waals surface area contributed by atoms with Gasteiger partial charge in [-0.3, -0.25) is 4.99 Å². The van der Waals surface area contributed by atoms with Crippen LogP contribution in [0.3, 0.4) is 0 Å². The molecule has 2 rings (SSSR count). The quantitative estimate of drug-likeness (QED) is 0.889. The first kappa shape index (κ1) is 12.9. The number of guanidine groups is 1. The number of nitrogens with zero attached hydrogens (tertiary/aromatic N) is 2. The van der Waals surface area contributed by atoms with Gasteiger partial charge in [0.05, 0.1) is 12.1 Å². The fraction of sp³-hybridized carbons (Fsp3) is 0.533. The minimum absolute atomic E-state index is 0.00745. The van der Waals surface area contributed by atoms with Crippen molar-refractivity contribution >= 4 is 11.6 Å². The van der Waals surface area contributed by atoms with E-state index in [1.165, 1.54) is 5.56 Å². The lowest BCUT2D eigenvalue weighted by Crippen LogP contribution is -2.50. The molecule has 98 valence electrons. The minimum atomic E-state index is 0.00745. The van der Waals surface area contributed by atoms with E-state index in [-0.39, 0.29) is 5.54 Å². The average Bonchev–Trinajstić information content (AvgIpc) is 2.55. The Balaban J connectivity index is 2.32. The second-order valence-corrected chi connectivity index (χ2v) is 5.94. The molecule has 2 N–H and O–H groups in total. The van der Waals surface area contributed by atoms with Crippen LogP contribution in [0.15, 0.2) is 29.3 Å². The molecule has 0 fully saturated rings. The van der Waals surface area contributed by atoms with Gasteiger partial charge in [0, 0.05) is 5.69 Å². The third-order valence-electron chi connectivity index (χ3n) is 3.49. The summed E-state index contributed by atoms with van der Waals surface area (Å²) in [5, 5.41) is 0. The third-order valence-corrected chi connectivity index (χ3v) is 3.49. The summed E-state index contributed by atoms with van der Waals surface area (Å²) < 4.78 is 0. The van der Waals surface area contributed by atoms with Crippen LogP contribution in [0.5, 0.6) is 0 Å². The van der Waals surface area contributed by atoms with Gasteiger partial charge in [-0.25, -0.2) is 0 Å². The molecule has 1 unspecified atom stereocenters. The molecule has 1 aliphatic rings. The van der Waals surface area contributed by atoms with E-state index in [0.29, 0.717) is 11.9 Å². The van der Waals surface area contributed by atoms with Crippen molar-refractivity contribution < 1.29 is 0 Å². The Labute approximate surface area is 110 Å². The zero-order chi connectivity index (χ0) is 13.3. The highest BCUT2D eigenvalue weighted by Gasteiger charge is 2.39. The molecule has 1 atom stereocenters. The minimum Gasteiger partial charge on any atom is -0.369 e. The SMILES string of the molecule is Cc1ccc(N2C(N)=NCC2(C)CC(C)C)cc1. The Morgan fingerprint density at radius 1 is 1.33 bits per heavy atom. The van der Waals surface area contributed by atoms with Crippen LogP contribution in [0.1, 0.15) is 32.8 Å². The molecule has 1 heterocycles. The highest BCUT2D eigenvalue weighted by molar-refractivity contribution is 5.98. The molecule has 3 nitrogen and oxygen atoms in total. The number of nitrogens with two attached hydrogens (primary N) is 1. The van der Waals surface area contributed by atoms with Crippen molar-refractivity contribution in [2.75, 3.05) is 11.4 Å². The first-order chi connectivity index (χ1) is 8.42. The van der Waals surface area contributed by atoms with Gasteiger partial charge in [0.25, 0.3) is 0 Å². The van der Waals surface area contributed by atoms with Crippen LogP contribution in [0.25, 0.3) is 0 Å². The normalized spacial score (nSPS) is 23.6. The molecule has 1 aromatic carbocycles. The molecule has 3 heteroatoms. The third kappa shape index (κ3) is 2.35.